The van der Waals surface area contributed by atoms with E-state index in [1.807, 2.05) is 0 Å². The van der Waals surface area contributed by atoms with Gasteiger partial charge < -0.3 is 18.9 Å². The molecule has 0 aromatic heterocycles. The number of hydroxylamine groups is 2. The number of benzene rings is 2. The standard InChI is InChI=1S/C31H34N2O12/c1-5-26(34)42-18-28(36)40-16-20(3)44-32-30(38)24-11-7-22(8-12-24)15-23-9-13-25(14-10-23)31(39)33-45-21(4)17-41-29(37)19-43-27(35)6-2/h5-14,20-21H,1-2,15-19H2,3-4H3,(H,32,38)(H,33,39). The minimum absolute atomic E-state index is 0.175. The van der Waals surface area contributed by atoms with Crippen LogP contribution in [0.5, 0.6) is 0 Å². The van der Waals surface area contributed by atoms with Gasteiger partial charge in [-0.3, -0.25) is 19.3 Å². The fraction of sp³-hybridized carbons (Fsp3) is 0.290. The lowest BCUT2D eigenvalue weighted by molar-refractivity contribution is -0.159. The minimum atomic E-state index is -0.773. The van der Waals surface area contributed by atoms with Crippen molar-refractivity contribution in [1.82, 2.24) is 11.0 Å². The molecule has 14 heteroatoms. The van der Waals surface area contributed by atoms with E-state index in [9.17, 15) is 28.8 Å². The molecule has 240 valence electrons. The fourth-order valence-electron chi connectivity index (χ4n) is 3.16. The van der Waals surface area contributed by atoms with Crippen LogP contribution in [0.1, 0.15) is 45.7 Å². The molecule has 2 atom stereocenters. The van der Waals surface area contributed by atoms with Crippen LogP contribution in [0.3, 0.4) is 0 Å². The van der Waals surface area contributed by atoms with Crippen molar-refractivity contribution in [1.29, 1.82) is 0 Å². The van der Waals surface area contributed by atoms with Gasteiger partial charge in [-0.1, -0.05) is 37.4 Å². The highest BCUT2D eigenvalue weighted by Gasteiger charge is 2.14. The van der Waals surface area contributed by atoms with Gasteiger partial charge in [0.2, 0.25) is 0 Å². The Bertz CT molecular complexity index is 1250. The lowest BCUT2D eigenvalue weighted by atomic mass is 10.0. The van der Waals surface area contributed by atoms with E-state index in [0.29, 0.717) is 17.5 Å². The number of amides is 2. The fourth-order valence-corrected chi connectivity index (χ4v) is 3.16. The second-order valence-electron chi connectivity index (χ2n) is 9.28. The van der Waals surface area contributed by atoms with Crippen LogP contribution in [0.25, 0.3) is 0 Å². The van der Waals surface area contributed by atoms with Gasteiger partial charge in [-0.25, -0.2) is 30.1 Å². The summed E-state index contributed by atoms with van der Waals surface area (Å²) < 4.78 is 18.9. The molecule has 45 heavy (non-hydrogen) atoms. The molecule has 0 saturated heterocycles. The maximum atomic E-state index is 12.4. The lowest BCUT2D eigenvalue weighted by Crippen LogP contribution is -2.31. The first kappa shape index (κ1) is 35.9. The third-order valence-corrected chi connectivity index (χ3v) is 5.50. The zero-order chi connectivity index (χ0) is 33.2. The zero-order valence-corrected chi connectivity index (χ0v) is 24.8. The molecule has 2 aromatic carbocycles. The minimum Gasteiger partial charge on any atom is -0.460 e. The molecule has 0 heterocycles. The summed E-state index contributed by atoms with van der Waals surface area (Å²) in [6.45, 7) is 8.10. The van der Waals surface area contributed by atoms with Crippen molar-refractivity contribution in [3.63, 3.8) is 0 Å². The summed E-state index contributed by atoms with van der Waals surface area (Å²) in [4.78, 5) is 80.2. The van der Waals surface area contributed by atoms with Crippen LogP contribution in [0.4, 0.5) is 0 Å². The topological polar surface area (TPSA) is 182 Å². The van der Waals surface area contributed by atoms with E-state index in [0.717, 1.165) is 23.3 Å². The summed E-state index contributed by atoms with van der Waals surface area (Å²) >= 11 is 0. The predicted octanol–water partition coefficient (Wildman–Crippen LogP) is 1.92. The third-order valence-electron chi connectivity index (χ3n) is 5.50. The van der Waals surface area contributed by atoms with Gasteiger partial charge >= 0.3 is 23.9 Å². The molecule has 0 spiro atoms. The predicted molar refractivity (Wildman–Crippen MR) is 156 cm³/mol. The molecule has 2 aromatic rings. The van der Waals surface area contributed by atoms with E-state index < -0.39 is 61.1 Å². The van der Waals surface area contributed by atoms with Crippen LogP contribution in [-0.2, 0) is 54.2 Å². The van der Waals surface area contributed by atoms with Gasteiger partial charge in [0, 0.05) is 23.3 Å². The number of carbonyl (C=O) groups is 6. The van der Waals surface area contributed by atoms with Gasteiger partial charge in [-0.2, -0.15) is 0 Å². The number of ether oxygens (including phenoxy) is 4. The molecule has 2 rings (SSSR count). The van der Waals surface area contributed by atoms with E-state index in [1.165, 1.54) is 0 Å². The molecule has 0 aliphatic carbocycles. The summed E-state index contributed by atoms with van der Waals surface area (Å²) in [5.41, 5.74) is 7.08. The van der Waals surface area contributed by atoms with Gasteiger partial charge in [0.25, 0.3) is 11.8 Å². The molecule has 0 fully saturated rings. The van der Waals surface area contributed by atoms with Crippen molar-refractivity contribution >= 4 is 35.7 Å². The van der Waals surface area contributed by atoms with E-state index in [1.54, 1.807) is 62.4 Å². The van der Waals surface area contributed by atoms with Crippen LogP contribution in [0.2, 0.25) is 0 Å². The molecule has 2 amide bonds. The SMILES string of the molecule is C=CC(=O)OCC(=O)OCC(C)ONC(=O)c1ccc(Cc2ccc(C(=O)NOC(C)COC(=O)COC(=O)C=C)cc2)cc1. The Kier molecular flexibility index (Phi) is 15.2. The van der Waals surface area contributed by atoms with Gasteiger partial charge in [0.15, 0.2) is 13.2 Å². The molecule has 0 radical (unpaired) electrons. The van der Waals surface area contributed by atoms with Crippen molar-refractivity contribution in [3.05, 3.63) is 96.1 Å². The first-order valence-electron chi connectivity index (χ1n) is 13.5. The number of esters is 4. The average molecular weight is 627 g/mol. The molecule has 0 bridgehead atoms. The number of carbonyl (C=O) groups excluding carboxylic acids is 6. The largest absolute Gasteiger partial charge is 0.460 e. The number of hydrogen-bond donors (Lipinski definition) is 2. The van der Waals surface area contributed by atoms with Crippen molar-refractivity contribution in [2.75, 3.05) is 26.4 Å². The van der Waals surface area contributed by atoms with Crippen LogP contribution >= 0.6 is 0 Å². The quantitative estimate of drug-likeness (QED) is 0.106. The van der Waals surface area contributed by atoms with E-state index in [2.05, 4.69) is 33.6 Å². The lowest BCUT2D eigenvalue weighted by Gasteiger charge is -2.14. The number of hydrogen-bond acceptors (Lipinski definition) is 12. The van der Waals surface area contributed by atoms with Crippen molar-refractivity contribution < 1.29 is 57.4 Å². The monoisotopic (exact) mass is 626 g/mol. The Morgan fingerprint density at radius 1 is 0.622 bits per heavy atom. The number of rotatable bonds is 18. The molecule has 0 saturated carbocycles. The van der Waals surface area contributed by atoms with Crippen LogP contribution in [0.15, 0.2) is 73.8 Å². The van der Waals surface area contributed by atoms with E-state index in [-0.39, 0.29) is 13.2 Å². The second-order valence-corrected chi connectivity index (χ2v) is 9.28. The Balaban J connectivity index is 1.72. The summed E-state index contributed by atoms with van der Waals surface area (Å²) in [7, 11) is 0. The van der Waals surface area contributed by atoms with E-state index in [4.69, 9.17) is 19.1 Å². The van der Waals surface area contributed by atoms with Crippen molar-refractivity contribution in [2.45, 2.75) is 32.5 Å². The average Bonchev–Trinajstić information content (AvgIpc) is 3.05. The Morgan fingerprint density at radius 3 is 1.31 bits per heavy atom. The first-order valence-corrected chi connectivity index (χ1v) is 13.5. The highest BCUT2D eigenvalue weighted by molar-refractivity contribution is 5.94. The molecular formula is C31H34N2O12. The first-order chi connectivity index (χ1) is 21.5. The molecule has 14 nitrogen and oxygen atoms in total. The van der Waals surface area contributed by atoms with Gasteiger partial charge in [-0.05, 0) is 55.7 Å². The Hall–Kier alpha value is -5.34. The molecule has 0 aliphatic heterocycles. The van der Waals surface area contributed by atoms with Crippen LogP contribution in [0, 0.1) is 0 Å². The smallest absolute Gasteiger partial charge is 0.344 e. The maximum Gasteiger partial charge on any atom is 0.344 e. The van der Waals surface area contributed by atoms with Crippen LogP contribution < -0.4 is 11.0 Å². The summed E-state index contributed by atoms with van der Waals surface area (Å²) in [5.74, 6) is -4.05. The van der Waals surface area contributed by atoms with Gasteiger partial charge in [-0.15, -0.1) is 0 Å². The van der Waals surface area contributed by atoms with Crippen LogP contribution in [-0.4, -0.2) is 74.3 Å². The highest BCUT2D eigenvalue weighted by atomic mass is 16.7. The molecular weight excluding hydrogens is 592 g/mol. The van der Waals surface area contributed by atoms with Gasteiger partial charge in [0.05, 0.1) is 0 Å². The highest BCUT2D eigenvalue weighted by Crippen LogP contribution is 2.13. The third kappa shape index (κ3) is 14.1. The Morgan fingerprint density at radius 2 is 0.978 bits per heavy atom. The maximum absolute atomic E-state index is 12.4. The summed E-state index contributed by atoms with van der Waals surface area (Å²) in [5, 5.41) is 0. The molecule has 0 aliphatic rings. The normalized spacial score (nSPS) is 11.6. The Labute approximate surface area is 259 Å². The summed E-state index contributed by atoms with van der Waals surface area (Å²) in [6.07, 6.45) is 1.04. The second kappa shape index (κ2) is 19.0. The van der Waals surface area contributed by atoms with E-state index >= 15 is 0 Å². The zero-order valence-electron chi connectivity index (χ0n) is 24.8. The number of nitrogens with one attached hydrogen (secondary N) is 2. The molecule has 2 unspecified atom stereocenters. The van der Waals surface area contributed by atoms with Gasteiger partial charge in [0.1, 0.15) is 25.4 Å². The molecule has 2 N–H and O–H groups in total. The van der Waals surface area contributed by atoms with Crippen molar-refractivity contribution in [3.8, 4) is 0 Å². The summed E-state index contributed by atoms with van der Waals surface area (Å²) in [6, 6.07) is 13.6. The van der Waals surface area contributed by atoms with Crippen molar-refractivity contribution in [2.24, 2.45) is 0 Å².